The second kappa shape index (κ2) is 13.1. The number of rotatable bonds is 7. The van der Waals surface area contributed by atoms with Crippen LogP contribution in [-0.2, 0) is 12.7 Å². The number of aromatic nitrogens is 5. The minimum absolute atomic E-state index is 0.0490. The Morgan fingerprint density at radius 3 is 2.54 bits per heavy atom. The van der Waals surface area contributed by atoms with Gasteiger partial charge in [0.05, 0.1) is 24.5 Å². The van der Waals surface area contributed by atoms with Crippen LogP contribution in [0, 0.1) is 6.92 Å². The first-order valence-electron chi connectivity index (χ1n) is 15.8. The Balaban J connectivity index is 1.32. The number of anilines is 3. The average molecular weight is 676 g/mol. The van der Waals surface area contributed by atoms with Gasteiger partial charge in [-0.2, -0.15) is 28.4 Å². The van der Waals surface area contributed by atoms with E-state index in [9.17, 15) is 18.0 Å². The summed E-state index contributed by atoms with van der Waals surface area (Å²) in [5, 5.41) is 18.7. The lowest BCUT2D eigenvalue weighted by Gasteiger charge is -2.31. The van der Waals surface area contributed by atoms with E-state index in [1.54, 1.807) is 46.3 Å². The van der Waals surface area contributed by atoms with E-state index in [1.165, 1.54) is 6.07 Å². The van der Waals surface area contributed by atoms with Gasteiger partial charge in [0.1, 0.15) is 5.65 Å². The van der Waals surface area contributed by atoms with Crippen molar-refractivity contribution in [1.82, 2.24) is 35.4 Å². The van der Waals surface area contributed by atoms with Crippen molar-refractivity contribution in [3.05, 3.63) is 98.7 Å². The Kier molecular flexibility index (Phi) is 8.75. The monoisotopic (exact) mass is 675 g/mol. The van der Waals surface area contributed by atoms with Crippen LogP contribution < -0.4 is 26.4 Å². The molecule has 10 nitrogen and oxygen atoms in total. The van der Waals surface area contributed by atoms with Crippen LogP contribution in [-0.4, -0.2) is 64.0 Å². The summed E-state index contributed by atoms with van der Waals surface area (Å²) in [6, 6.07) is 11.3. The maximum atomic E-state index is 14.3. The zero-order valence-electron chi connectivity index (χ0n) is 26.1. The van der Waals surface area contributed by atoms with E-state index >= 15 is 0 Å². The van der Waals surface area contributed by atoms with E-state index in [0.717, 1.165) is 42.3 Å². The van der Waals surface area contributed by atoms with Crippen molar-refractivity contribution in [2.45, 2.75) is 32.0 Å². The molecule has 2 aliphatic heterocycles. The first kappa shape index (κ1) is 32.0. The molecule has 5 heterocycles. The second-order valence-electron chi connectivity index (χ2n) is 12.2. The number of aryl methyl sites for hydroxylation is 1. The highest BCUT2D eigenvalue weighted by Crippen LogP contribution is 2.39. The molecule has 0 saturated carbocycles. The third-order valence-electron chi connectivity index (χ3n) is 8.93. The second-order valence-corrected chi connectivity index (χ2v) is 12.6. The van der Waals surface area contributed by atoms with Gasteiger partial charge in [-0.1, -0.05) is 23.7 Å². The van der Waals surface area contributed by atoms with Crippen molar-refractivity contribution >= 4 is 40.0 Å². The number of halogens is 4. The number of fused-ring (bicyclic) bond motifs is 1. The standard InChI is InChI=1S/C34H33ClF3N9O/c1-20-2-4-25(29(35)12-20)26-13-22-16-41-33(44-24-3-5-30(28(14-24)34(36,37)38)46-10-8-39-9-11-46)45-31(22)47(32(26)48)19-23-17-42-43-18-27(23)21-6-7-40-15-21/h2-5,12-14,16-18,21,39-40H,6-11,15,19H2,1H3,(H,41,44,45). The fraction of sp³-hybridized carbons (Fsp3) is 0.324. The molecule has 2 aliphatic rings. The fourth-order valence-corrected chi connectivity index (χ4v) is 6.83. The van der Waals surface area contributed by atoms with Crippen molar-refractivity contribution < 1.29 is 13.2 Å². The molecule has 0 spiro atoms. The first-order valence-corrected chi connectivity index (χ1v) is 16.1. The normalized spacial score (nSPS) is 16.9. The van der Waals surface area contributed by atoms with Crippen LogP contribution in [0.25, 0.3) is 22.2 Å². The highest BCUT2D eigenvalue weighted by molar-refractivity contribution is 6.33. The smallest absolute Gasteiger partial charge is 0.368 e. The molecule has 2 aromatic carbocycles. The maximum Gasteiger partial charge on any atom is 0.418 e. The number of piperazine rings is 1. The maximum absolute atomic E-state index is 14.3. The molecule has 3 aromatic heterocycles. The summed E-state index contributed by atoms with van der Waals surface area (Å²) in [5.41, 5.74) is 3.25. The minimum atomic E-state index is -4.57. The van der Waals surface area contributed by atoms with E-state index in [-0.39, 0.29) is 35.3 Å². The number of nitrogens with one attached hydrogen (secondary N) is 3. The third-order valence-corrected chi connectivity index (χ3v) is 9.25. The van der Waals surface area contributed by atoms with Crippen LogP contribution in [0.1, 0.15) is 34.6 Å². The number of benzene rings is 2. The molecule has 0 amide bonds. The third kappa shape index (κ3) is 6.45. The minimum Gasteiger partial charge on any atom is -0.368 e. The highest BCUT2D eigenvalue weighted by atomic mass is 35.5. The predicted molar refractivity (Wildman–Crippen MR) is 180 cm³/mol. The molecule has 7 rings (SSSR count). The molecule has 3 N–H and O–H groups in total. The number of pyridine rings is 1. The summed E-state index contributed by atoms with van der Waals surface area (Å²) in [6.45, 7) is 5.89. The number of hydrogen-bond acceptors (Lipinski definition) is 9. The van der Waals surface area contributed by atoms with Crippen LogP contribution in [0.3, 0.4) is 0 Å². The van der Waals surface area contributed by atoms with Crippen LogP contribution in [0.15, 0.2) is 65.8 Å². The molecule has 2 saturated heterocycles. The van der Waals surface area contributed by atoms with Gasteiger partial charge < -0.3 is 20.9 Å². The van der Waals surface area contributed by atoms with Gasteiger partial charge in [-0.3, -0.25) is 9.36 Å². The first-order chi connectivity index (χ1) is 23.2. The van der Waals surface area contributed by atoms with E-state index < -0.39 is 11.7 Å². The zero-order chi connectivity index (χ0) is 33.4. The Morgan fingerprint density at radius 1 is 0.979 bits per heavy atom. The van der Waals surface area contributed by atoms with E-state index in [4.69, 9.17) is 11.6 Å². The van der Waals surface area contributed by atoms with Gasteiger partial charge in [-0.25, -0.2) is 4.98 Å². The van der Waals surface area contributed by atoms with E-state index in [0.29, 0.717) is 53.4 Å². The van der Waals surface area contributed by atoms with Crippen molar-refractivity contribution in [3.8, 4) is 11.1 Å². The molecule has 14 heteroatoms. The lowest BCUT2D eigenvalue weighted by atomic mass is 9.96. The lowest BCUT2D eigenvalue weighted by molar-refractivity contribution is -0.137. The fourth-order valence-electron chi connectivity index (χ4n) is 6.50. The average Bonchev–Trinajstić information content (AvgIpc) is 3.62. The van der Waals surface area contributed by atoms with Gasteiger partial charge in [-0.05, 0) is 72.8 Å². The SMILES string of the molecule is Cc1ccc(-c2cc3cnc(Nc4ccc(N5CCNCC5)c(C(F)(F)F)c4)nc3n(Cc3cnncc3C3CCNC3)c2=O)c(Cl)c1. The van der Waals surface area contributed by atoms with Gasteiger partial charge in [0.15, 0.2) is 0 Å². The molecule has 5 aromatic rings. The molecule has 1 unspecified atom stereocenters. The van der Waals surface area contributed by atoms with Crippen molar-refractivity contribution in [2.24, 2.45) is 0 Å². The summed E-state index contributed by atoms with van der Waals surface area (Å²) in [7, 11) is 0. The summed E-state index contributed by atoms with van der Waals surface area (Å²) in [4.78, 5) is 25.2. The van der Waals surface area contributed by atoms with E-state index in [2.05, 4.69) is 36.1 Å². The van der Waals surface area contributed by atoms with Crippen LogP contribution in [0.5, 0.6) is 0 Å². The van der Waals surface area contributed by atoms with E-state index in [1.807, 2.05) is 19.1 Å². The number of hydrogen-bond donors (Lipinski definition) is 3. The van der Waals surface area contributed by atoms with Crippen molar-refractivity contribution in [1.29, 1.82) is 0 Å². The number of alkyl halides is 3. The lowest BCUT2D eigenvalue weighted by Crippen LogP contribution is -2.44. The summed E-state index contributed by atoms with van der Waals surface area (Å²) in [5.74, 6) is 0.263. The molecule has 0 aliphatic carbocycles. The van der Waals surface area contributed by atoms with Crippen molar-refractivity contribution in [3.63, 3.8) is 0 Å². The van der Waals surface area contributed by atoms with Gasteiger partial charge in [-0.15, -0.1) is 0 Å². The molecule has 2 fully saturated rings. The predicted octanol–water partition coefficient (Wildman–Crippen LogP) is 5.51. The Hall–Kier alpha value is -4.59. The van der Waals surface area contributed by atoms with Gasteiger partial charge in [0.2, 0.25) is 5.95 Å². The molecular weight excluding hydrogens is 643 g/mol. The van der Waals surface area contributed by atoms with Crippen LogP contribution in [0.4, 0.5) is 30.5 Å². The summed E-state index contributed by atoms with van der Waals surface area (Å²) < 4.78 is 44.3. The number of nitrogens with zero attached hydrogens (tertiary/aromatic N) is 6. The zero-order valence-corrected chi connectivity index (χ0v) is 26.9. The molecule has 48 heavy (non-hydrogen) atoms. The highest BCUT2D eigenvalue weighted by Gasteiger charge is 2.35. The summed E-state index contributed by atoms with van der Waals surface area (Å²) in [6.07, 6.45) is 1.32. The molecule has 0 bridgehead atoms. The van der Waals surface area contributed by atoms with Crippen LogP contribution >= 0.6 is 11.6 Å². The largest absolute Gasteiger partial charge is 0.418 e. The Labute approximate surface area is 279 Å². The van der Waals surface area contributed by atoms with Gasteiger partial charge >= 0.3 is 6.18 Å². The van der Waals surface area contributed by atoms with Crippen LogP contribution in [0.2, 0.25) is 5.02 Å². The Bertz CT molecular complexity index is 2040. The molecule has 1 atom stereocenters. The van der Waals surface area contributed by atoms with Gasteiger partial charge in [0, 0.05) is 71.8 Å². The van der Waals surface area contributed by atoms with Crippen molar-refractivity contribution in [2.75, 3.05) is 49.5 Å². The topological polar surface area (TPSA) is 113 Å². The molecule has 0 radical (unpaired) electrons. The quantitative estimate of drug-likeness (QED) is 0.206. The molecular formula is C34H33ClF3N9O. The van der Waals surface area contributed by atoms with Gasteiger partial charge in [0.25, 0.3) is 5.56 Å². The summed E-state index contributed by atoms with van der Waals surface area (Å²) >= 11 is 6.63. The Morgan fingerprint density at radius 2 is 1.79 bits per heavy atom. The molecule has 248 valence electrons.